The number of nitrogens with zero attached hydrogens (tertiary/aromatic N) is 2. The van der Waals surface area contributed by atoms with Gasteiger partial charge in [-0.2, -0.15) is 0 Å². The highest BCUT2D eigenvalue weighted by molar-refractivity contribution is 6.16. The second-order valence-electron chi connectivity index (χ2n) is 10.2. The Kier molecular flexibility index (Phi) is 5.73. The van der Waals surface area contributed by atoms with Crippen molar-refractivity contribution in [3.05, 3.63) is 52.0 Å². The lowest BCUT2D eigenvalue weighted by atomic mass is 9.54. The third kappa shape index (κ3) is 3.04. The van der Waals surface area contributed by atoms with E-state index < -0.39 is 46.8 Å². The molecule has 1 unspecified atom stereocenters. The predicted molar refractivity (Wildman–Crippen MR) is 128 cm³/mol. The summed E-state index contributed by atoms with van der Waals surface area (Å²) < 4.78 is 11.3. The van der Waals surface area contributed by atoms with E-state index in [9.17, 15) is 24.9 Å². The van der Waals surface area contributed by atoms with Gasteiger partial charge in [-0.15, -0.1) is 0 Å². The van der Waals surface area contributed by atoms with Crippen molar-refractivity contribution in [1.29, 1.82) is 0 Å². The Morgan fingerprint density at radius 1 is 1.22 bits per heavy atom. The first-order valence-corrected chi connectivity index (χ1v) is 12.2. The predicted octanol–water partition coefficient (Wildman–Crippen LogP) is 2.47. The molecule has 0 bridgehead atoms. The van der Waals surface area contributed by atoms with Crippen LogP contribution < -0.4 is 10.5 Å². The lowest BCUT2D eigenvalue weighted by Gasteiger charge is -2.53. The van der Waals surface area contributed by atoms with E-state index in [1.807, 2.05) is 13.8 Å². The number of aromatic nitrogens is 1. The monoisotopic (exact) mass is 497 g/mol. The largest absolute Gasteiger partial charge is 0.508 e. The number of hydrogen-bond donors (Lipinski definition) is 4. The first-order valence-electron chi connectivity index (χ1n) is 12.2. The van der Waals surface area contributed by atoms with E-state index in [2.05, 4.69) is 5.16 Å². The number of rotatable bonds is 5. The fourth-order valence-electron chi connectivity index (χ4n) is 6.29. The number of hydrogen-bond acceptors (Lipinski definition) is 10. The highest BCUT2D eigenvalue weighted by atomic mass is 16.5. The lowest BCUT2D eigenvalue weighted by Crippen LogP contribution is -2.66. The number of carbonyl (C=O) groups excluding carboxylic acids is 2. The van der Waals surface area contributed by atoms with Gasteiger partial charge in [0, 0.05) is 23.5 Å². The van der Waals surface area contributed by atoms with Crippen molar-refractivity contribution in [2.75, 3.05) is 20.7 Å². The molecule has 0 saturated carbocycles. The molecule has 36 heavy (non-hydrogen) atoms. The van der Waals surface area contributed by atoms with Gasteiger partial charge in [-0.1, -0.05) is 32.4 Å². The highest BCUT2D eigenvalue weighted by Gasteiger charge is 2.67. The lowest BCUT2D eigenvalue weighted by molar-refractivity contribution is -0.0655. The summed E-state index contributed by atoms with van der Waals surface area (Å²) in [5.41, 5.74) is 4.70. The van der Waals surface area contributed by atoms with E-state index in [4.69, 9.17) is 15.0 Å². The summed E-state index contributed by atoms with van der Waals surface area (Å²) in [6, 6.07) is 3.10. The second kappa shape index (κ2) is 8.43. The molecule has 1 aromatic carbocycles. The number of aliphatic hydroxyl groups excluding tert-OH is 1. The van der Waals surface area contributed by atoms with E-state index >= 15 is 0 Å². The zero-order valence-corrected chi connectivity index (χ0v) is 20.7. The maximum atomic E-state index is 13.9. The van der Waals surface area contributed by atoms with Crippen LogP contribution in [0.15, 0.2) is 34.1 Å². The van der Waals surface area contributed by atoms with E-state index in [0.717, 1.165) is 12.8 Å². The first kappa shape index (κ1) is 24.5. The number of phenols is 1. The van der Waals surface area contributed by atoms with Crippen LogP contribution in [0.1, 0.15) is 70.7 Å². The van der Waals surface area contributed by atoms with E-state index in [1.165, 1.54) is 6.07 Å². The van der Waals surface area contributed by atoms with Crippen LogP contribution in [-0.4, -0.2) is 69.3 Å². The van der Waals surface area contributed by atoms with Crippen LogP contribution in [0.25, 0.3) is 0 Å². The van der Waals surface area contributed by atoms with Crippen molar-refractivity contribution >= 4 is 11.6 Å². The van der Waals surface area contributed by atoms with Gasteiger partial charge in [-0.05, 0) is 43.2 Å². The standard InChI is InChI=1S/C26H31N3O7/c1-5-6-10-35-25-17-22(36-28-25)20(29(3)4)18-19(27)14-11(2)12-8-7-9-13(30)15(12)21(31)16(14)23(32)26(18,34)24(17)33/h7-9,11,14,18-20,30,32,34H,5-6,10,27H2,1-4H3/t11-,14?,18+,19+,20-,26-/m0/s1. The van der Waals surface area contributed by atoms with Crippen LogP contribution in [0.3, 0.4) is 0 Å². The number of ketones is 2. The van der Waals surface area contributed by atoms with Gasteiger partial charge in [-0.3, -0.25) is 14.5 Å². The Morgan fingerprint density at radius 2 is 1.94 bits per heavy atom. The van der Waals surface area contributed by atoms with Gasteiger partial charge in [-0.25, -0.2) is 0 Å². The van der Waals surface area contributed by atoms with Crippen LogP contribution in [-0.2, 0) is 0 Å². The minimum atomic E-state index is -2.51. The van der Waals surface area contributed by atoms with Gasteiger partial charge >= 0.3 is 0 Å². The first-order chi connectivity index (χ1) is 17.1. The quantitative estimate of drug-likeness (QED) is 0.452. The summed E-state index contributed by atoms with van der Waals surface area (Å²) in [5, 5.41) is 38.0. The number of Topliss-reactive ketones (excluding diaryl/α,β-unsaturated/α-hetero) is 2. The maximum Gasteiger partial charge on any atom is 0.265 e. The average molecular weight is 498 g/mol. The van der Waals surface area contributed by atoms with Gasteiger partial charge in [0.15, 0.2) is 17.1 Å². The third-order valence-electron chi connectivity index (χ3n) is 8.00. The molecule has 3 aliphatic rings. The van der Waals surface area contributed by atoms with E-state index in [0.29, 0.717) is 5.56 Å². The normalized spacial score (nSPS) is 31.1. The van der Waals surface area contributed by atoms with Crippen molar-refractivity contribution in [3.8, 4) is 11.6 Å². The maximum absolute atomic E-state index is 13.9. The molecule has 192 valence electrons. The number of fused-ring (bicyclic) bond motifs is 4. The highest BCUT2D eigenvalue weighted by Crippen LogP contribution is 2.58. The molecular formula is C26H31N3O7. The summed E-state index contributed by atoms with van der Waals surface area (Å²) in [7, 11) is 3.49. The fraction of sp³-hybridized carbons (Fsp3) is 0.500. The van der Waals surface area contributed by atoms with Gasteiger partial charge in [0.2, 0.25) is 5.78 Å². The van der Waals surface area contributed by atoms with Crippen LogP contribution in [0.2, 0.25) is 0 Å². The Bertz CT molecular complexity index is 1280. The minimum Gasteiger partial charge on any atom is -0.508 e. The van der Waals surface area contributed by atoms with Crippen molar-refractivity contribution < 1.29 is 34.2 Å². The van der Waals surface area contributed by atoms with Gasteiger partial charge < -0.3 is 30.3 Å². The molecular weight excluding hydrogens is 466 g/mol. The van der Waals surface area contributed by atoms with Crippen molar-refractivity contribution in [3.63, 3.8) is 0 Å². The Labute approximate surface area is 208 Å². The molecule has 2 aromatic rings. The molecule has 5 rings (SSSR count). The van der Waals surface area contributed by atoms with Crippen LogP contribution in [0.5, 0.6) is 11.6 Å². The molecule has 0 aliphatic heterocycles. The number of benzene rings is 1. The molecule has 5 N–H and O–H groups in total. The molecule has 10 heteroatoms. The van der Waals surface area contributed by atoms with Crippen LogP contribution in [0.4, 0.5) is 0 Å². The molecule has 0 radical (unpaired) electrons. The molecule has 0 fully saturated rings. The number of aromatic hydroxyl groups is 1. The number of carbonyl (C=O) groups is 2. The van der Waals surface area contributed by atoms with Crippen LogP contribution in [0, 0.1) is 11.8 Å². The molecule has 3 aliphatic carbocycles. The smallest absolute Gasteiger partial charge is 0.265 e. The number of aliphatic hydroxyl groups is 2. The van der Waals surface area contributed by atoms with Crippen molar-refractivity contribution in [2.45, 2.75) is 50.3 Å². The molecule has 1 aromatic heterocycles. The van der Waals surface area contributed by atoms with Crippen molar-refractivity contribution in [2.24, 2.45) is 17.6 Å². The second-order valence-corrected chi connectivity index (χ2v) is 10.2. The summed E-state index contributed by atoms with van der Waals surface area (Å²) in [5.74, 6) is -4.53. The molecule has 1 heterocycles. The minimum absolute atomic E-state index is 0.0405. The third-order valence-corrected chi connectivity index (χ3v) is 8.00. The molecule has 6 atom stereocenters. The molecule has 0 amide bonds. The van der Waals surface area contributed by atoms with E-state index in [-0.39, 0.29) is 46.6 Å². The summed E-state index contributed by atoms with van der Waals surface area (Å²) in [4.78, 5) is 29.3. The molecule has 10 nitrogen and oxygen atoms in total. The Balaban J connectivity index is 1.74. The summed E-state index contributed by atoms with van der Waals surface area (Å²) in [6.07, 6.45) is 1.58. The number of phenolic OH excluding ortho intramolecular Hbond substituents is 1. The number of ether oxygens (including phenoxy) is 1. The summed E-state index contributed by atoms with van der Waals surface area (Å²) in [6.45, 7) is 4.13. The van der Waals surface area contributed by atoms with Gasteiger partial charge in [0.25, 0.3) is 5.88 Å². The van der Waals surface area contributed by atoms with Gasteiger partial charge in [0.05, 0.1) is 18.2 Å². The zero-order chi connectivity index (χ0) is 26.1. The SMILES string of the molecule is CCCCOc1noc2c1C(=O)[C@@]1(O)C(O)=C3C(=O)c4c(O)cccc4[C@H](C)C3[C@@H](N)[C@@H]1[C@@H]2N(C)C. The number of unbranched alkanes of at least 4 members (excludes halogenated alkanes) is 1. The summed E-state index contributed by atoms with van der Waals surface area (Å²) >= 11 is 0. The molecule has 0 saturated heterocycles. The zero-order valence-electron chi connectivity index (χ0n) is 20.7. The fourth-order valence-corrected chi connectivity index (χ4v) is 6.29. The number of nitrogens with two attached hydrogens (primary N) is 1. The average Bonchev–Trinajstić information content (AvgIpc) is 3.25. The Morgan fingerprint density at radius 3 is 2.61 bits per heavy atom. The van der Waals surface area contributed by atoms with Crippen LogP contribution >= 0.6 is 0 Å². The van der Waals surface area contributed by atoms with Gasteiger partial charge in [0.1, 0.15) is 17.1 Å². The van der Waals surface area contributed by atoms with Crippen molar-refractivity contribution in [1.82, 2.24) is 10.1 Å². The Hall–Kier alpha value is -3.21. The molecule has 0 spiro atoms. The topological polar surface area (TPSA) is 159 Å². The van der Waals surface area contributed by atoms with E-state index in [1.54, 1.807) is 31.1 Å².